The lowest BCUT2D eigenvalue weighted by molar-refractivity contribution is -0.159. The van der Waals surface area contributed by atoms with E-state index in [-0.39, 0.29) is 38.6 Å². The molecule has 11 nitrogen and oxygen atoms in total. The first-order valence-corrected chi connectivity index (χ1v) is 10.3. The molecule has 4 atom stereocenters. The van der Waals surface area contributed by atoms with Gasteiger partial charge in [-0.15, -0.1) is 0 Å². The second-order valence-electron chi connectivity index (χ2n) is 6.64. The maximum Gasteiger partial charge on any atom is 0.509 e. The maximum absolute atomic E-state index is 11.7. The number of carbonyl (C=O) groups excluding carboxylic acids is 4. The molecule has 0 saturated carbocycles. The molecule has 0 fully saturated rings. The van der Waals surface area contributed by atoms with E-state index in [0.29, 0.717) is 12.8 Å². The first-order chi connectivity index (χ1) is 14.6. The van der Waals surface area contributed by atoms with E-state index in [9.17, 15) is 19.2 Å². The van der Waals surface area contributed by atoms with Crippen molar-refractivity contribution in [1.82, 2.24) is 0 Å². The molecule has 0 heterocycles. The van der Waals surface area contributed by atoms with Crippen LogP contribution in [0.4, 0.5) is 9.59 Å². The normalized spacial score (nSPS) is 14.4. The fraction of sp³-hybridized carbons (Fsp3) is 0.800. The highest BCUT2D eigenvalue weighted by molar-refractivity contribution is 5.77. The number of ether oxygens (including phenoxy) is 7. The molecular weight excluding hydrogens is 416 g/mol. The van der Waals surface area contributed by atoms with Crippen LogP contribution in [-0.4, -0.2) is 75.1 Å². The fourth-order valence-corrected chi connectivity index (χ4v) is 1.68. The van der Waals surface area contributed by atoms with Gasteiger partial charge in [0.1, 0.15) is 13.2 Å². The lowest BCUT2D eigenvalue weighted by Gasteiger charge is -2.16. The maximum atomic E-state index is 11.7. The minimum atomic E-state index is -1.09. The van der Waals surface area contributed by atoms with Gasteiger partial charge in [0, 0.05) is 0 Å². The lowest BCUT2D eigenvalue weighted by Crippen LogP contribution is -2.29. The summed E-state index contributed by atoms with van der Waals surface area (Å²) in [5.41, 5.74) is 0. The van der Waals surface area contributed by atoms with Gasteiger partial charge >= 0.3 is 24.2 Å². The van der Waals surface area contributed by atoms with E-state index < -0.39 is 36.5 Å². The molecule has 0 aliphatic carbocycles. The first kappa shape index (κ1) is 28.4. The molecule has 0 amide bonds. The van der Waals surface area contributed by atoms with Crippen molar-refractivity contribution in [2.75, 3.05) is 26.4 Å². The number of hydrogen-bond acceptors (Lipinski definition) is 11. The second-order valence-corrected chi connectivity index (χ2v) is 6.64. The van der Waals surface area contributed by atoms with Gasteiger partial charge in [-0.05, 0) is 40.5 Å². The van der Waals surface area contributed by atoms with Crippen molar-refractivity contribution in [3.8, 4) is 0 Å². The Bertz CT molecular complexity index is 515. The molecule has 180 valence electrons. The number of esters is 2. The Balaban J connectivity index is 3.82. The van der Waals surface area contributed by atoms with Crippen LogP contribution in [0.2, 0.25) is 0 Å². The zero-order valence-corrected chi connectivity index (χ0v) is 19.0. The zero-order chi connectivity index (χ0) is 23.8. The molecule has 0 aromatic rings. The molecule has 0 aliphatic rings. The Morgan fingerprint density at radius 2 is 0.935 bits per heavy atom. The van der Waals surface area contributed by atoms with E-state index in [4.69, 9.17) is 33.2 Å². The molecule has 0 rings (SSSR count). The third kappa shape index (κ3) is 14.1. The summed E-state index contributed by atoms with van der Waals surface area (Å²) in [6.45, 7) is 9.69. The quantitative estimate of drug-likeness (QED) is 0.220. The zero-order valence-electron chi connectivity index (χ0n) is 19.0. The van der Waals surface area contributed by atoms with Crippen LogP contribution in [0.1, 0.15) is 54.4 Å². The minimum absolute atomic E-state index is 0.0108. The molecule has 0 unspecified atom stereocenters. The van der Waals surface area contributed by atoms with Gasteiger partial charge < -0.3 is 33.2 Å². The molecule has 0 aromatic carbocycles. The first-order valence-electron chi connectivity index (χ1n) is 10.3. The molecule has 0 radical (unpaired) electrons. The molecule has 11 heteroatoms. The number of carbonyl (C=O) groups is 4. The third-order valence-corrected chi connectivity index (χ3v) is 3.89. The topological polar surface area (TPSA) is 133 Å². The largest absolute Gasteiger partial charge is 0.509 e. The van der Waals surface area contributed by atoms with Crippen LogP contribution >= 0.6 is 0 Å². The fourth-order valence-electron chi connectivity index (χ4n) is 1.68. The standard InChI is InChI=1S/C20H34O11/c1-7-13(3)28-17(21)15(5)30-19(23)26-11-9-25-10-12-27-20(24)31-16(6)18(22)29-14(4)8-2/h13-16H,7-12H2,1-6H3/t13-,14-,15-,16-/m0/s1. The van der Waals surface area contributed by atoms with Gasteiger partial charge in [0.25, 0.3) is 0 Å². The SMILES string of the molecule is CC[C@H](C)OC(=O)[C@H](C)OC(=O)OCCOCCOC(=O)O[C@@H](C)C(=O)O[C@@H](C)CC. The van der Waals surface area contributed by atoms with Crippen molar-refractivity contribution in [3.05, 3.63) is 0 Å². The highest BCUT2D eigenvalue weighted by Crippen LogP contribution is 2.04. The molecule has 31 heavy (non-hydrogen) atoms. The molecule has 0 saturated heterocycles. The summed E-state index contributed by atoms with van der Waals surface area (Å²) in [5, 5.41) is 0. The predicted octanol–water partition coefficient (Wildman–Crippen LogP) is 2.77. The Kier molecular flexibility index (Phi) is 14.8. The highest BCUT2D eigenvalue weighted by atomic mass is 16.7. The average Bonchev–Trinajstić information content (AvgIpc) is 2.72. The van der Waals surface area contributed by atoms with E-state index in [1.54, 1.807) is 13.8 Å². The van der Waals surface area contributed by atoms with Crippen LogP contribution in [0.25, 0.3) is 0 Å². The van der Waals surface area contributed by atoms with Crippen LogP contribution in [0.3, 0.4) is 0 Å². The molecule has 0 N–H and O–H groups in total. The van der Waals surface area contributed by atoms with Crippen LogP contribution in [0.15, 0.2) is 0 Å². The van der Waals surface area contributed by atoms with Crippen LogP contribution in [-0.2, 0) is 42.7 Å². The van der Waals surface area contributed by atoms with E-state index in [1.165, 1.54) is 13.8 Å². The molecule has 0 bridgehead atoms. The average molecular weight is 450 g/mol. The van der Waals surface area contributed by atoms with Crippen molar-refractivity contribution < 1.29 is 52.3 Å². The summed E-state index contributed by atoms with van der Waals surface area (Å²) in [4.78, 5) is 46.3. The van der Waals surface area contributed by atoms with E-state index in [2.05, 4.69) is 0 Å². The number of rotatable bonds is 14. The highest BCUT2D eigenvalue weighted by Gasteiger charge is 2.22. The van der Waals surface area contributed by atoms with Crippen molar-refractivity contribution in [1.29, 1.82) is 0 Å². The van der Waals surface area contributed by atoms with Gasteiger partial charge in [-0.2, -0.15) is 0 Å². The van der Waals surface area contributed by atoms with Gasteiger partial charge in [-0.25, -0.2) is 19.2 Å². The number of hydrogen-bond donors (Lipinski definition) is 0. The summed E-state index contributed by atoms with van der Waals surface area (Å²) in [6, 6.07) is 0. The molecule has 0 aromatic heterocycles. The molecule has 0 spiro atoms. The Morgan fingerprint density at radius 3 is 1.26 bits per heavy atom. The van der Waals surface area contributed by atoms with Gasteiger partial charge in [-0.1, -0.05) is 13.8 Å². The second kappa shape index (κ2) is 16.2. The summed E-state index contributed by atoms with van der Waals surface area (Å²) < 4.78 is 34.3. The van der Waals surface area contributed by atoms with Crippen LogP contribution < -0.4 is 0 Å². The van der Waals surface area contributed by atoms with E-state index >= 15 is 0 Å². The van der Waals surface area contributed by atoms with Gasteiger partial charge in [-0.3, -0.25) is 0 Å². The summed E-state index contributed by atoms with van der Waals surface area (Å²) >= 11 is 0. The van der Waals surface area contributed by atoms with Gasteiger partial charge in [0.2, 0.25) is 0 Å². The smallest absolute Gasteiger partial charge is 0.460 e. The summed E-state index contributed by atoms with van der Waals surface area (Å²) in [7, 11) is 0. The van der Waals surface area contributed by atoms with Crippen molar-refractivity contribution in [3.63, 3.8) is 0 Å². The van der Waals surface area contributed by atoms with Crippen molar-refractivity contribution in [2.24, 2.45) is 0 Å². The van der Waals surface area contributed by atoms with Crippen LogP contribution in [0, 0.1) is 0 Å². The van der Waals surface area contributed by atoms with Crippen molar-refractivity contribution in [2.45, 2.75) is 78.8 Å². The van der Waals surface area contributed by atoms with E-state index in [1.807, 2.05) is 13.8 Å². The third-order valence-electron chi connectivity index (χ3n) is 3.89. The summed E-state index contributed by atoms with van der Waals surface area (Å²) in [5.74, 6) is -1.32. The van der Waals surface area contributed by atoms with E-state index in [0.717, 1.165) is 0 Å². The lowest BCUT2D eigenvalue weighted by atomic mass is 10.3. The van der Waals surface area contributed by atoms with Gasteiger partial charge in [0.15, 0.2) is 12.2 Å². The summed E-state index contributed by atoms with van der Waals surface area (Å²) in [6.07, 6.45) is -3.51. The van der Waals surface area contributed by atoms with Gasteiger partial charge in [0.05, 0.1) is 25.4 Å². The minimum Gasteiger partial charge on any atom is -0.460 e. The molecule has 0 aliphatic heterocycles. The Hall–Kier alpha value is -2.56. The molecular formula is C20H34O11. The Morgan fingerprint density at radius 1 is 0.581 bits per heavy atom. The Labute approximate surface area is 182 Å². The monoisotopic (exact) mass is 450 g/mol. The predicted molar refractivity (Wildman–Crippen MR) is 106 cm³/mol. The van der Waals surface area contributed by atoms with Crippen molar-refractivity contribution >= 4 is 24.2 Å². The van der Waals surface area contributed by atoms with Crippen LogP contribution in [0.5, 0.6) is 0 Å².